The molecule has 0 radical (unpaired) electrons. The van der Waals surface area contributed by atoms with E-state index < -0.39 is 0 Å². The van der Waals surface area contributed by atoms with Crippen molar-refractivity contribution in [2.24, 2.45) is 5.73 Å². The van der Waals surface area contributed by atoms with Gasteiger partial charge in [-0.3, -0.25) is 4.90 Å². The zero-order valence-corrected chi connectivity index (χ0v) is 13.7. The Morgan fingerprint density at radius 1 is 1.19 bits per heavy atom. The molecule has 3 nitrogen and oxygen atoms in total. The Morgan fingerprint density at radius 2 is 1.95 bits per heavy atom. The molecule has 2 N–H and O–H groups in total. The molecular weight excluding hydrogens is 278 g/mol. The topological polar surface area (TPSA) is 32.5 Å². The average Bonchev–Trinajstić information content (AvgIpc) is 2.97. The molecule has 2 aliphatic rings. The molecule has 2 fully saturated rings. The summed E-state index contributed by atoms with van der Waals surface area (Å²) >= 11 is 5.09. The second-order valence-corrected chi connectivity index (χ2v) is 6.79. The fraction of sp³-hybridized carbons (Fsp3) is 0.588. The van der Waals surface area contributed by atoms with E-state index in [4.69, 9.17) is 18.0 Å². The Labute approximate surface area is 133 Å². The lowest BCUT2D eigenvalue weighted by Gasteiger charge is -2.32. The van der Waals surface area contributed by atoms with Crippen LogP contribution in [0.1, 0.15) is 36.8 Å². The number of likely N-dealkylation sites (tertiary alicyclic amines) is 1. The smallest absolute Gasteiger partial charge is 0.104 e. The van der Waals surface area contributed by atoms with Gasteiger partial charge in [0.05, 0.1) is 0 Å². The van der Waals surface area contributed by atoms with E-state index in [-0.39, 0.29) is 0 Å². The summed E-state index contributed by atoms with van der Waals surface area (Å²) in [5.41, 5.74) is 9.24. The normalized spacial score (nSPS) is 23.5. The van der Waals surface area contributed by atoms with Crippen LogP contribution in [-0.2, 0) is 0 Å². The van der Waals surface area contributed by atoms with Crippen molar-refractivity contribution in [2.75, 3.05) is 31.1 Å². The summed E-state index contributed by atoms with van der Waals surface area (Å²) in [7, 11) is 0. The maximum Gasteiger partial charge on any atom is 0.104 e. The summed E-state index contributed by atoms with van der Waals surface area (Å²) in [5, 5.41) is 0. The third-order valence-electron chi connectivity index (χ3n) is 4.91. The van der Waals surface area contributed by atoms with Crippen LogP contribution >= 0.6 is 12.2 Å². The van der Waals surface area contributed by atoms with Crippen LogP contribution < -0.4 is 10.6 Å². The molecule has 0 spiro atoms. The van der Waals surface area contributed by atoms with E-state index in [2.05, 4.69) is 34.9 Å². The Hall–Kier alpha value is -1.13. The van der Waals surface area contributed by atoms with Gasteiger partial charge in [0.2, 0.25) is 0 Å². The second kappa shape index (κ2) is 6.32. The lowest BCUT2D eigenvalue weighted by atomic mass is 10.1. The van der Waals surface area contributed by atoms with Crippen molar-refractivity contribution in [2.45, 2.75) is 38.6 Å². The average molecular weight is 303 g/mol. The number of benzene rings is 1. The number of aryl methyl sites for hydroxylation is 1. The molecule has 0 amide bonds. The number of hydrogen-bond acceptors (Lipinski definition) is 3. The summed E-state index contributed by atoms with van der Waals surface area (Å²) < 4.78 is 0. The molecule has 1 aromatic rings. The highest BCUT2D eigenvalue weighted by molar-refractivity contribution is 7.80. The molecule has 1 atom stereocenters. The van der Waals surface area contributed by atoms with E-state index in [1.165, 1.54) is 50.0 Å². The molecule has 2 heterocycles. The molecule has 1 aromatic carbocycles. The van der Waals surface area contributed by atoms with Gasteiger partial charge in [-0.15, -0.1) is 0 Å². The molecule has 2 aliphatic heterocycles. The highest BCUT2D eigenvalue weighted by Crippen LogP contribution is 2.26. The molecule has 0 saturated carbocycles. The lowest BCUT2D eigenvalue weighted by Crippen LogP contribution is -2.40. The van der Waals surface area contributed by atoms with E-state index in [1.807, 2.05) is 0 Å². The van der Waals surface area contributed by atoms with Gasteiger partial charge < -0.3 is 10.6 Å². The Morgan fingerprint density at radius 3 is 2.62 bits per heavy atom. The molecule has 114 valence electrons. The van der Waals surface area contributed by atoms with Crippen LogP contribution in [0.2, 0.25) is 0 Å². The van der Waals surface area contributed by atoms with Crippen molar-refractivity contribution in [3.63, 3.8) is 0 Å². The zero-order chi connectivity index (χ0) is 14.8. The van der Waals surface area contributed by atoms with E-state index in [0.717, 1.165) is 24.7 Å². The zero-order valence-electron chi connectivity index (χ0n) is 12.8. The highest BCUT2D eigenvalue weighted by Gasteiger charge is 2.28. The van der Waals surface area contributed by atoms with Crippen LogP contribution in [-0.4, -0.2) is 42.1 Å². The maximum atomic E-state index is 5.75. The van der Waals surface area contributed by atoms with Crippen molar-refractivity contribution in [1.29, 1.82) is 0 Å². The van der Waals surface area contributed by atoms with Gasteiger partial charge in [-0.1, -0.05) is 18.6 Å². The molecule has 4 heteroatoms. The van der Waals surface area contributed by atoms with Gasteiger partial charge in [-0.25, -0.2) is 0 Å². The van der Waals surface area contributed by atoms with Crippen molar-refractivity contribution in [3.8, 4) is 0 Å². The first kappa shape index (κ1) is 14.8. The number of piperidine rings is 1. The van der Waals surface area contributed by atoms with E-state index in [9.17, 15) is 0 Å². The second-order valence-electron chi connectivity index (χ2n) is 6.35. The minimum atomic E-state index is 0.492. The van der Waals surface area contributed by atoms with E-state index in [1.54, 1.807) is 0 Å². The molecule has 0 aromatic heterocycles. The third kappa shape index (κ3) is 3.22. The van der Waals surface area contributed by atoms with Crippen molar-refractivity contribution < 1.29 is 0 Å². The van der Waals surface area contributed by atoms with Crippen molar-refractivity contribution in [3.05, 3.63) is 29.3 Å². The van der Waals surface area contributed by atoms with E-state index >= 15 is 0 Å². The minimum absolute atomic E-state index is 0.492. The molecular formula is C17H25N3S. The van der Waals surface area contributed by atoms with Gasteiger partial charge in [-0.05, 0) is 63.0 Å². The Kier molecular flexibility index (Phi) is 4.45. The number of hydrogen-bond donors (Lipinski definition) is 1. The molecule has 0 bridgehead atoms. The minimum Gasteiger partial charge on any atom is -0.389 e. The molecule has 3 rings (SSSR count). The Balaban J connectivity index is 1.68. The SMILES string of the molecule is Cc1cc(N2CCC(N3CCCCC3)C2)ccc1C(N)=S. The summed E-state index contributed by atoms with van der Waals surface area (Å²) in [6.07, 6.45) is 5.44. The highest BCUT2D eigenvalue weighted by atomic mass is 32.1. The first-order valence-corrected chi connectivity index (χ1v) is 8.45. The fourth-order valence-electron chi connectivity index (χ4n) is 3.68. The standard InChI is InChI=1S/C17H25N3S/c1-13-11-14(5-6-16(13)17(18)21)20-10-7-15(12-20)19-8-3-2-4-9-19/h5-6,11,15H,2-4,7-10,12H2,1H3,(H2,18,21). The fourth-order valence-corrected chi connectivity index (χ4v) is 3.91. The number of anilines is 1. The van der Waals surface area contributed by atoms with Crippen LogP contribution in [0.15, 0.2) is 18.2 Å². The van der Waals surface area contributed by atoms with Crippen molar-refractivity contribution in [1.82, 2.24) is 4.90 Å². The number of thiocarbonyl (C=S) groups is 1. The van der Waals surface area contributed by atoms with Gasteiger partial charge in [-0.2, -0.15) is 0 Å². The van der Waals surface area contributed by atoms with Crippen LogP contribution in [0.25, 0.3) is 0 Å². The van der Waals surface area contributed by atoms with E-state index in [0.29, 0.717) is 4.99 Å². The summed E-state index contributed by atoms with van der Waals surface area (Å²) in [6.45, 7) is 6.99. The Bertz CT molecular complexity index is 523. The van der Waals surface area contributed by atoms with Gasteiger partial charge in [0.25, 0.3) is 0 Å². The van der Waals surface area contributed by atoms with Crippen LogP contribution in [0, 0.1) is 6.92 Å². The largest absolute Gasteiger partial charge is 0.389 e. The van der Waals surface area contributed by atoms with Gasteiger partial charge >= 0.3 is 0 Å². The van der Waals surface area contributed by atoms with Crippen LogP contribution in [0.3, 0.4) is 0 Å². The number of nitrogens with zero attached hydrogens (tertiary/aromatic N) is 2. The molecule has 1 unspecified atom stereocenters. The predicted molar refractivity (Wildman–Crippen MR) is 93.1 cm³/mol. The predicted octanol–water partition coefficient (Wildman–Crippen LogP) is 2.69. The molecule has 0 aliphatic carbocycles. The first-order valence-electron chi connectivity index (χ1n) is 8.04. The van der Waals surface area contributed by atoms with Crippen molar-refractivity contribution >= 4 is 22.9 Å². The van der Waals surface area contributed by atoms with Crippen LogP contribution in [0.4, 0.5) is 5.69 Å². The maximum absolute atomic E-state index is 5.75. The third-order valence-corrected chi connectivity index (χ3v) is 5.13. The van der Waals surface area contributed by atoms with Gasteiger partial charge in [0.1, 0.15) is 4.99 Å². The van der Waals surface area contributed by atoms with Gasteiger partial charge in [0.15, 0.2) is 0 Å². The number of nitrogens with two attached hydrogens (primary N) is 1. The number of rotatable bonds is 3. The molecule has 21 heavy (non-hydrogen) atoms. The van der Waals surface area contributed by atoms with Crippen LogP contribution in [0.5, 0.6) is 0 Å². The van der Waals surface area contributed by atoms with Gasteiger partial charge in [0, 0.05) is 30.4 Å². The first-order chi connectivity index (χ1) is 10.1. The molecule has 2 saturated heterocycles. The summed E-state index contributed by atoms with van der Waals surface area (Å²) in [4.78, 5) is 5.70. The lowest BCUT2D eigenvalue weighted by molar-refractivity contribution is 0.175. The monoisotopic (exact) mass is 303 g/mol. The summed E-state index contributed by atoms with van der Waals surface area (Å²) in [5.74, 6) is 0. The quantitative estimate of drug-likeness (QED) is 0.870. The summed E-state index contributed by atoms with van der Waals surface area (Å²) in [6, 6.07) is 7.20.